The van der Waals surface area contributed by atoms with E-state index in [0.717, 1.165) is 0 Å². The molecule has 1 aliphatic heterocycles. The summed E-state index contributed by atoms with van der Waals surface area (Å²) < 4.78 is 0. The van der Waals surface area contributed by atoms with Crippen molar-refractivity contribution in [3.63, 3.8) is 0 Å². The molecule has 0 atom stereocenters. The summed E-state index contributed by atoms with van der Waals surface area (Å²) in [5, 5.41) is 24.9. The molecule has 5 nitrogen and oxygen atoms in total. The van der Waals surface area contributed by atoms with Gasteiger partial charge in [0.05, 0.1) is 15.6 Å². The molecule has 84 valence electrons. The van der Waals surface area contributed by atoms with Crippen molar-refractivity contribution < 1.29 is 14.5 Å². The molecular weight excluding hydrogens is 228 g/mol. The Morgan fingerprint density at radius 1 is 1.31 bits per heavy atom. The van der Waals surface area contributed by atoms with Crippen molar-refractivity contribution in [2.24, 2.45) is 5.92 Å². The first kappa shape index (κ1) is 10.8. The molecule has 0 fully saturated rings. The molecule has 6 heteroatoms. The molecule has 0 N–H and O–H groups in total. The monoisotopic (exact) mass is 238 g/mol. The number of carbonyl (C=O) groups is 1. The summed E-state index contributed by atoms with van der Waals surface area (Å²) in [5.74, 6) is -0.735. The highest BCUT2D eigenvalue weighted by atomic mass is 32.1. The van der Waals surface area contributed by atoms with Crippen LogP contribution in [-0.2, 0) is 4.79 Å². The van der Waals surface area contributed by atoms with Gasteiger partial charge in [-0.25, -0.2) is 0 Å². The Morgan fingerprint density at radius 2 is 2.00 bits per heavy atom. The van der Waals surface area contributed by atoms with Gasteiger partial charge < -0.3 is 10.4 Å². The average molecular weight is 238 g/mol. The molecule has 2 rings (SSSR count). The highest BCUT2D eigenvalue weighted by Gasteiger charge is 2.46. The van der Waals surface area contributed by atoms with Crippen molar-refractivity contribution in [3.8, 4) is 0 Å². The van der Waals surface area contributed by atoms with Crippen molar-refractivity contribution in [2.75, 3.05) is 0 Å². The number of hydrazone groups is 2. The maximum Gasteiger partial charge on any atom is 0.358 e. The van der Waals surface area contributed by atoms with Crippen molar-refractivity contribution in [1.29, 1.82) is 0 Å². The Labute approximate surface area is 96.1 Å². The van der Waals surface area contributed by atoms with E-state index in [4.69, 9.17) is 0 Å². The summed E-state index contributed by atoms with van der Waals surface area (Å²) in [4.78, 5) is 12.7. The molecule has 0 unspecified atom stereocenters. The number of nitrogens with zero attached hydrogens (tertiary/aromatic N) is 2. The van der Waals surface area contributed by atoms with Crippen LogP contribution in [0.25, 0.3) is 0 Å². The molecule has 0 saturated heterocycles. The third-order valence-corrected chi connectivity index (χ3v) is 3.19. The summed E-state index contributed by atoms with van der Waals surface area (Å²) in [6.07, 6.45) is 0. The van der Waals surface area contributed by atoms with Gasteiger partial charge in [-0.1, -0.05) is 19.9 Å². The topological polar surface area (TPSA) is 69.2 Å². The molecule has 0 radical (unpaired) electrons. The fraction of sp³-hybridized carbons (Fsp3) is 0.300. The van der Waals surface area contributed by atoms with E-state index in [1.54, 1.807) is 31.4 Å². The lowest BCUT2D eigenvalue weighted by Crippen LogP contribution is -2.26. The number of hydrazine groups is 1. The molecule has 2 heterocycles. The van der Waals surface area contributed by atoms with Crippen molar-refractivity contribution in [3.05, 3.63) is 32.8 Å². The summed E-state index contributed by atoms with van der Waals surface area (Å²) in [7, 11) is 0. The number of rotatable bonds is 2. The number of carbonyl (C=O) groups excluding carboxylic acids is 1. The largest absolute Gasteiger partial charge is 0.561 e. The lowest BCUT2D eigenvalue weighted by molar-refractivity contribution is -1.05. The fourth-order valence-corrected chi connectivity index (χ4v) is 2.33. The quantitative estimate of drug-likeness (QED) is 0.573. The number of Topliss-reactive ketones (excluding diaryl/α,β-unsaturated/α-hetero) is 1. The molecule has 0 spiro atoms. The zero-order valence-corrected chi connectivity index (χ0v) is 9.65. The van der Waals surface area contributed by atoms with Gasteiger partial charge in [-0.2, -0.15) is 0 Å². The molecule has 0 saturated carbocycles. The van der Waals surface area contributed by atoms with Gasteiger partial charge in [0.1, 0.15) is 4.88 Å². The Hall–Kier alpha value is -1.69. The van der Waals surface area contributed by atoms with Crippen LogP contribution in [0.3, 0.4) is 0 Å². The molecular formula is C10H10N2O3S. The molecule has 0 aliphatic carbocycles. The summed E-state index contributed by atoms with van der Waals surface area (Å²) in [5.41, 5.74) is -0.0768. The predicted molar refractivity (Wildman–Crippen MR) is 60.5 cm³/mol. The summed E-state index contributed by atoms with van der Waals surface area (Å²) in [6, 6.07) is 3.39. The lowest BCUT2D eigenvalue weighted by atomic mass is 10.0. The summed E-state index contributed by atoms with van der Waals surface area (Å²) >= 11 is 1.27. The number of ketones is 1. The maximum absolute atomic E-state index is 11.9. The number of hydrogen-bond acceptors (Lipinski definition) is 4. The van der Waals surface area contributed by atoms with Crippen LogP contribution in [0.2, 0.25) is 0 Å². The van der Waals surface area contributed by atoms with Crippen LogP contribution in [0.4, 0.5) is 0 Å². The highest BCUT2D eigenvalue weighted by molar-refractivity contribution is 7.13. The van der Waals surface area contributed by atoms with Crippen LogP contribution in [-0.4, -0.2) is 26.9 Å². The number of hydrogen-bond donors (Lipinski definition) is 0. The molecule has 0 bridgehead atoms. The molecule has 1 aromatic heterocycles. The fourth-order valence-electron chi connectivity index (χ4n) is 1.59. The third kappa shape index (κ3) is 1.42. The maximum atomic E-state index is 11.9. The van der Waals surface area contributed by atoms with Crippen LogP contribution in [0.1, 0.15) is 18.7 Å². The van der Waals surface area contributed by atoms with Crippen molar-refractivity contribution in [2.45, 2.75) is 13.8 Å². The zero-order chi connectivity index (χ0) is 11.9. The first-order valence-electron chi connectivity index (χ1n) is 4.81. The first-order valence-corrected chi connectivity index (χ1v) is 5.68. The second kappa shape index (κ2) is 3.71. The molecule has 0 aromatic carbocycles. The van der Waals surface area contributed by atoms with Crippen LogP contribution in [0.15, 0.2) is 17.5 Å². The van der Waals surface area contributed by atoms with Gasteiger partial charge in [0, 0.05) is 0 Å². The van der Waals surface area contributed by atoms with Crippen LogP contribution >= 0.6 is 11.3 Å². The van der Waals surface area contributed by atoms with E-state index in [9.17, 15) is 15.2 Å². The molecule has 16 heavy (non-hydrogen) atoms. The Balaban J connectivity index is 2.51. The van der Waals surface area contributed by atoms with E-state index in [2.05, 4.69) is 0 Å². The molecule has 1 aliphatic rings. The van der Waals surface area contributed by atoms with E-state index < -0.39 is 5.78 Å². The van der Waals surface area contributed by atoms with E-state index in [1.807, 2.05) is 0 Å². The predicted octanol–water partition coefficient (Wildman–Crippen LogP) is 1.15. The van der Waals surface area contributed by atoms with E-state index >= 15 is 0 Å². The van der Waals surface area contributed by atoms with E-state index in [-0.39, 0.29) is 27.0 Å². The van der Waals surface area contributed by atoms with Crippen LogP contribution in [0, 0.1) is 16.3 Å². The minimum Gasteiger partial charge on any atom is -0.561 e. The van der Waals surface area contributed by atoms with Gasteiger partial charge in [0.15, 0.2) is 0 Å². The van der Waals surface area contributed by atoms with Crippen molar-refractivity contribution in [1.82, 2.24) is 0 Å². The van der Waals surface area contributed by atoms with Gasteiger partial charge >= 0.3 is 17.2 Å². The second-order valence-electron chi connectivity index (χ2n) is 3.74. The van der Waals surface area contributed by atoms with Gasteiger partial charge in [-0.15, -0.1) is 11.3 Å². The minimum absolute atomic E-state index is 0.00148. The SMILES string of the molecule is CC(C)C1=[N+]([O-])[N+]([O-])=C(c2cccs2)C1=O. The van der Waals surface area contributed by atoms with Crippen molar-refractivity contribution >= 4 is 28.5 Å². The highest BCUT2D eigenvalue weighted by Crippen LogP contribution is 2.16. The number of thiophene rings is 1. The standard InChI is InChI=1S/C10H10N2O3S/c1-6(2)8-10(13)9(12(15)11(8)14)7-4-3-5-16-7/h3-6H,1-2H3. The molecule has 1 aromatic rings. The third-order valence-electron chi connectivity index (χ3n) is 2.31. The van der Waals surface area contributed by atoms with Gasteiger partial charge in [0.25, 0.3) is 0 Å². The Morgan fingerprint density at radius 3 is 2.44 bits per heavy atom. The van der Waals surface area contributed by atoms with E-state index in [0.29, 0.717) is 4.88 Å². The first-order chi connectivity index (χ1) is 7.54. The summed E-state index contributed by atoms with van der Waals surface area (Å²) in [6.45, 7) is 3.42. The van der Waals surface area contributed by atoms with Crippen LogP contribution in [0.5, 0.6) is 0 Å². The van der Waals surface area contributed by atoms with E-state index in [1.165, 1.54) is 11.3 Å². The minimum atomic E-state index is -0.470. The molecule has 0 amide bonds. The lowest BCUT2D eigenvalue weighted by Gasteiger charge is -1.98. The van der Waals surface area contributed by atoms with Gasteiger partial charge in [-0.3, -0.25) is 4.79 Å². The Bertz CT molecular complexity index is 500. The Kier molecular flexibility index (Phi) is 2.51. The van der Waals surface area contributed by atoms with Gasteiger partial charge in [0.2, 0.25) is 0 Å². The zero-order valence-electron chi connectivity index (χ0n) is 8.84. The average Bonchev–Trinajstić information content (AvgIpc) is 2.76. The van der Waals surface area contributed by atoms with Gasteiger partial charge in [-0.05, 0) is 11.4 Å². The normalized spacial score (nSPS) is 16.8. The second-order valence-corrected chi connectivity index (χ2v) is 4.69. The smallest absolute Gasteiger partial charge is 0.358 e. The van der Waals surface area contributed by atoms with Crippen LogP contribution < -0.4 is 0 Å².